The van der Waals surface area contributed by atoms with Crippen LogP contribution in [0.5, 0.6) is 0 Å². The fourth-order valence-electron chi connectivity index (χ4n) is 3.81. The molecule has 204 valence electrons. The number of anilines is 2. The number of aryl methyl sites for hydroxylation is 2. The minimum atomic E-state index is -4.43. The maximum Gasteiger partial charge on any atom is 0.416 e. The number of aliphatic hydroxyl groups excluding tert-OH is 1. The highest BCUT2D eigenvalue weighted by Gasteiger charge is 2.30. The van der Waals surface area contributed by atoms with Gasteiger partial charge in [0, 0.05) is 12.8 Å². The number of nitrogens with zero attached hydrogens (tertiary/aromatic N) is 4. The smallest absolute Gasteiger partial charge is 0.373 e. The van der Waals surface area contributed by atoms with E-state index in [-0.39, 0.29) is 18.7 Å². The molecule has 8 nitrogen and oxygen atoms in total. The van der Waals surface area contributed by atoms with Gasteiger partial charge in [0.05, 0.1) is 17.7 Å². The predicted octanol–water partition coefficient (Wildman–Crippen LogP) is 5.07. The lowest BCUT2D eigenvalue weighted by Crippen LogP contribution is -2.21. The lowest BCUT2D eigenvalue weighted by atomic mass is 10.1. The maximum atomic E-state index is 12.9. The quantitative estimate of drug-likeness (QED) is 0.165. The second kappa shape index (κ2) is 13.3. The van der Waals surface area contributed by atoms with Crippen LogP contribution in [-0.4, -0.2) is 37.6 Å². The molecule has 2 heterocycles. The van der Waals surface area contributed by atoms with Crippen molar-refractivity contribution in [1.29, 1.82) is 0 Å². The van der Waals surface area contributed by atoms with E-state index in [1.165, 1.54) is 23.5 Å². The van der Waals surface area contributed by atoms with Gasteiger partial charge >= 0.3 is 6.18 Å². The Balaban J connectivity index is 1.16. The van der Waals surface area contributed by atoms with Crippen LogP contribution in [0, 0.1) is 0 Å². The minimum absolute atomic E-state index is 0.00460. The summed E-state index contributed by atoms with van der Waals surface area (Å²) in [4.78, 5) is 12.2. The van der Waals surface area contributed by atoms with Gasteiger partial charge in [-0.05, 0) is 48.6 Å². The largest absolute Gasteiger partial charge is 0.416 e. The Morgan fingerprint density at radius 1 is 0.897 bits per heavy atom. The topological polar surface area (TPSA) is 113 Å². The Kier molecular flexibility index (Phi) is 9.55. The molecule has 4 aromatic rings. The number of rotatable bonds is 12. The van der Waals surface area contributed by atoms with Crippen LogP contribution in [0.4, 0.5) is 24.1 Å². The molecule has 0 spiro atoms. The number of halogens is 3. The van der Waals surface area contributed by atoms with Crippen LogP contribution in [0.15, 0.2) is 66.7 Å². The van der Waals surface area contributed by atoms with Crippen LogP contribution in [0.1, 0.15) is 40.2 Å². The summed E-state index contributed by atoms with van der Waals surface area (Å²) in [5, 5.41) is 33.4. The molecule has 0 saturated heterocycles. The van der Waals surface area contributed by atoms with Gasteiger partial charge in [0.15, 0.2) is 5.82 Å². The summed E-state index contributed by atoms with van der Waals surface area (Å²) in [6.45, 7) is 0. The van der Waals surface area contributed by atoms with Crippen LogP contribution in [-0.2, 0) is 36.7 Å². The van der Waals surface area contributed by atoms with E-state index < -0.39 is 18.0 Å². The van der Waals surface area contributed by atoms with E-state index in [1.54, 1.807) is 6.07 Å². The fourth-order valence-corrected chi connectivity index (χ4v) is 4.64. The highest BCUT2D eigenvalue weighted by molar-refractivity contribution is 7.15. The molecule has 0 aliphatic carbocycles. The number of alkyl halides is 3. The number of hydrogen-bond donors (Lipinski definition) is 3. The lowest BCUT2D eigenvalue weighted by Gasteiger charge is -2.13. The van der Waals surface area contributed by atoms with E-state index in [9.17, 15) is 23.1 Å². The second-order valence-corrected chi connectivity index (χ2v) is 9.95. The molecule has 4 rings (SSSR count). The summed E-state index contributed by atoms with van der Waals surface area (Å²) < 4.78 is 38.6. The Morgan fingerprint density at radius 3 is 2.41 bits per heavy atom. The Bertz CT molecular complexity index is 1350. The third-order valence-corrected chi connectivity index (χ3v) is 6.62. The SMILES string of the molecule is O=C(Cc1ccccc1)Nc1ccc(CCCCc2nnc(NC(O)Cc3cccc(C(F)(F)F)c3)s2)nn1. The number of aliphatic hydroxyl groups is 1. The summed E-state index contributed by atoms with van der Waals surface area (Å²) in [6, 6.07) is 17.9. The molecule has 1 amide bonds. The number of carbonyl (C=O) groups excluding carboxylic acids is 1. The summed E-state index contributed by atoms with van der Waals surface area (Å²) >= 11 is 1.29. The number of hydrogen-bond acceptors (Lipinski definition) is 8. The average Bonchev–Trinajstić information content (AvgIpc) is 3.34. The van der Waals surface area contributed by atoms with Crippen molar-refractivity contribution in [3.8, 4) is 0 Å². The fraction of sp³-hybridized carbons (Fsp3) is 0.296. The van der Waals surface area contributed by atoms with E-state index in [0.717, 1.165) is 41.2 Å². The highest BCUT2D eigenvalue weighted by Crippen LogP contribution is 2.30. The summed E-state index contributed by atoms with van der Waals surface area (Å²) in [5.74, 6) is 0.251. The number of benzene rings is 2. The second-order valence-electron chi connectivity index (χ2n) is 8.89. The molecule has 0 aliphatic rings. The molecule has 1 unspecified atom stereocenters. The molecule has 2 aromatic heterocycles. The van der Waals surface area contributed by atoms with Gasteiger partial charge in [0.2, 0.25) is 11.0 Å². The zero-order valence-corrected chi connectivity index (χ0v) is 21.7. The van der Waals surface area contributed by atoms with Crippen molar-refractivity contribution in [3.63, 3.8) is 0 Å². The third kappa shape index (κ3) is 9.11. The normalized spacial score (nSPS) is 12.2. The first kappa shape index (κ1) is 28.1. The molecular weight excluding hydrogens is 529 g/mol. The van der Waals surface area contributed by atoms with Gasteiger partial charge in [-0.15, -0.1) is 15.3 Å². The Labute approximate surface area is 227 Å². The zero-order chi connectivity index (χ0) is 27.7. The monoisotopic (exact) mass is 556 g/mol. The van der Waals surface area contributed by atoms with Crippen molar-refractivity contribution < 1.29 is 23.1 Å². The van der Waals surface area contributed by atoms with Crippen LogP contribution < -0.4 is 10.6 Å². The number of aromatic nitrogens is 4. The minimum Gasteiger partial charge on any atom is -0.373 e. The molecule has 2 aromatic carbocycles. The first-order valence-electron chi connectivity index (χ1n) is 12.3. The standard InChI is InChI=1S/C27H27F3N6O2S/c28-27(29,30)20-10-6-9-19(15-20)17-24(38)32-26-36-35-25(39-26)12-5-4-11-21-13-14-22(34-33-21)31-23(37)16-18-7-2-1-3-8-18/h1-3,6-10,13-15,24,38H,4-5,11-12,16-17H2,(H,32,36)(H,31,34,37). The number of amides is 1. The van der Waals surface area contributed by atoms with Crippen molar-refractivity contribution in [2.24, 2.45) is 0 Å². The molecule has 0 saturated carbocycles. The first-order chi connectivity index (χ1) is 18.7. The van der Waals surface area contributed by atoms with Crippen LogP contribution in [0.25, 0.3) is 0 Å². The molecule has 39 heavy (non-hydrogen) atoms. The van der Waals surface area contributed by atoms with E-state index in [2.05, 4.69) is 31.0 Å². The molecule has 1 atom stereocenters. The molecule has 3 N–H and O–H groups in total. The zero-order valence-electron chi connectivity index (χ0n) is 20.9. The molecule has 0 radical (unpaired) electrons. The average molecular weight is 557 g/mol. The van der Waals surface area contributed by atoms with Crippen LogP contribution >= 0.6 is 11.3 Å². The summed E-state index contributed by atoms with van der Waals surface area (Å²) in [7, 11) is 0. The van der Waals surface area contributed by atoms with Crippen molar-refractivity contribution >= 4 is 28.2 Å². The van der Waals surface area contributed by atoms with Crippen molar-refractivity contribution in [1.82, 2.24) is 20.4 Å². The molecule has 0 aliphatic heterocycles. The Hall–Kier alpha value is -3.90. The van der Waals surface area contributed by atoms with Crippen molar-refractivity contribution in [2.75, 3.05) is 10.6 Å². The van der Waals surface area contributed by atoms with Crippen molar-refractivity contribution in [2.45, 2.75) is 50.9 Å². The van der Waals surface area contributed by atoms with Gasteiger partial charge in [-0.25, -0.2) is 0 Å². The van der Waals surface area contributed by atoms with E-state index >= 15 is 0 Å². The van der Waals surface area contributed by atoms with E-state index in [4.69, 9.17) is 0 Å². The molecule has 0 bridgehead atoms. The van der Waals surface area contributed by atoms with Gasteiger partial charge in [0.25, 0.3) is 0 Å². The third-order valence-electron chi connectivity index (χ3n) is 5.71. The molecule has 0 fully saturated rings. The number of carbonyl (C=O) groups is 1. The Morgan fingerprint density at radius 2 is 1.67 bits per heavy atom. The van der Waals surface area contributed by atoms with Crippen LogP contribution in [0.3, 0.4) is 0 Å². The predicted molar refractivity (Wildman–Crippen MR) is 142 cm³/mol. The molecule has 12 heteroatoms. The summed E-state index contributed by atoms with van der Waals surface area (Å²) in [6.07, 6.45) is -2.20. The number of unbranched alkanes of at least 4 members (excludes halogenated alkanes) is 1. The maximum absolute atomic E-state index is 12.9. The van der Waals surface area contributed by atoms with Gasteiger partial charge < -0.3 is 15.7 Å². The highest BCUT2D eigenvalue weighted by atomic mass is 32.1. The molecular formula is C27H27F3N6O2S. The summed E-state index contributed by atoms with van der Waals surface area (Å²) in [5.41, 5.74) is 1.34. The first-order valence-corrected chi connectivity index (χ1v) is 13.2. The lowest BCUT2D eigenvalue weighted by molar-refractivity contribution is -0.137. The van der Waals surface area contributed by atoms with Gasteiger partial charge in [-0.3, -0.25) is 4.79 Å². The number of nitrogens with one attached hydrogen (secondary N) is 2. The van der Waals surface area contributed by atoms with Gasteiger partial charge in [0.1, 0.15) is 11.2 Å². The van der Waals surface area contributed by atoms with E-state index in [0.29, 0.717) is 29.4 Å². The van der Waals surface area contributed by atoms with Gasteiger partial charge in [-0.2, -0.15) is 18.3 Å². The van der Waals surface area contributed by atoms with E-state index in [1.807, 2.05) is 36.4 Å². The van der Waals surface area contributed by atoms with Crippen molar-refractivity contribution in [3.05, 3.63) is 94.1 Å². The van der Waals surface area contributed by atoms with Gasteiger partial charge in [-0.1, -0.05) is 59.9 Å². The van der Waals surface area contributed by atoms with Crippen LogP contribution in [0.2, 0.25) is 0 Å².